The van der Waals surface area contributed by atoms with Crippen molar-refractivity contribution in [2.24, 2.45) is 0 Å². The van der Waals surface area contributed by atoms with E-state index in [1.165, 1.54) is 0 Å². The summed E-state index contributed by atoms with van der Waals surface area (Å²) in [6.07, 6.45) is 0.783. The highest BCUT2D eigenvalue weighted by molar-refractivity contribution is 5.96. The van der Waals surface area contributed by atoms with Crippen LogP contribution in [0, 0.1) is 23.0 Å². The highest BCUT2D eigenvalue weighted by Gasteiger charge is 2.23. The van der Waals surface area contributed by atoms with E-state index >= 15 is 0 Å². The van der Waals surface area contributed by atoms with Gasteiger partial charge in [-0.25, -0.2) is 13.6 Å². The number of nitriles is 1. The molecule has 0 unspecified atom stereocenters. The topological polar surface area (TPSA) is 79.2 Å². The number of nitrogens with one attached hydrogen (secondary N) is 1. The Balaban J connectivity index is 2.79. The zero-order chi connectivity index (χ0) is 15.8. The van der Waals surface area contributed by atoms with E-state index in [2.05, 4.69) is 10.1 Å². The number of carbonyl (C=O) groups is 2. The van der Waals surface area contributed by atoms with Crippen LogP contribution in [0.2, 0.25) is 0 Å². The maximum Gasteiger partial charge on any atom is 0.328 e. The summed E-state index contributed by atoms with van der Waals surface area (Å²) in [6.45, 7) is 0. The summed E-state index contributed by atoms with van der Waals surface area (Å²) in [4.78, 5) is 23.4. The van der Waals surface area contributed by atoms with Gasteiger partial charge in [0.2, 0.25) is 0 Å². The molecular weight excluding hydrogens is 282 g/mol. The lowest BCUT2D eigenvalue weighted by Gasteiger charge is -2.16. The normalized spacial score (nSPS) is 11.3. The van der Waals surface area contributed by atoms with Crippen molar-refractivity contribution >= 4 is 11.9 Å². The van der Waals surface area contributed by atoms with Crippen LogP contribution in [0.4, 0.5) is 8.78 Å². The minimum atomic E-state index is -1.02. The molecule has 21 heavy (non-hydrogen) atoms. The van der Waals surface area contributed by atoms with Crippen LogP contribution >= 0.6 is 0 Å². The Morgan fingerprint density at radius 3 is 2.71 bits per heavy atom. The lowest BCUT2D eigenvalue weighted by molar-refractivity contribution is -0.143. The van der Waals surface area contributed by atoms with E-state index in [-0.39, 0.29) is 18.4 Å². The van der Waals surface area contributed by atoms with Gasteiger partial charge in [0.05, 0.1) is 18.7 Å². The molecule has 1 aromatic rings. The smallest absolute Gasteiger partial charge is 0.328 e. The van der Waals surface area contributed by atoms with Crippen LogP contribution in [-0.4, -0.2) is 25.0 Å². The van der Waals surface area contributed by atoms with E-state index < -0.39 is 29.6 Å². The van der Waals surface area contributed by atoms with Gasteiger partial charge in [0, 0.05) is 12.5 Å². The van der Waals surface area contributed by atoms with Gasteiger partial charge in [0.25, 0.3) is 5.91 Å². The molecule has 0 spiro atoms. The SMILES string of the molecule is COC(=O)[C@H](CCCC#N)NC(=O)c1ccc(F)cc1F. The van der Waals surface area contributed by atoms with Crippen LogP contribution in [0.3, 0.4) is 0 Å². The van der Waals surface area contributed by atoms with Crippen LogP contribution in [0.15, 0.2) is 18.2 Å². The minimum Gasteiger partial charge on any atom is -0.467 e. The fraction of sp³-hybridized carbons (Fsp3) is 0.357. The first-order valence-corrected chi connectivity index (χ1v) is 6.20. The zero-order valence-electron chi connectivity index (χ0n) is 11.4. The fourth-order valence-corrected chi connectivity index (χ4v) is 1.69. The lowest BCUT2D eigenvalue weighted by Crippen LogP contribution is -2.41. The number of halogens is 2. The Morgan fingerprint density at radius 2 is 2.14 bits per heavy atom. The van der Waals surface area contributed by atoms with Crippen molar-refractivity contribution in [2.45, 2.75) is 25.3 Å². The number of nitrogens with zero attached hydrogens (tertiary/aromatic N) is 1. The number of amides is 1. The van der Waals surface area contributed by atoms with Crippen molar-refractivity contribution in [3.63, 3.8) is 0 Å². The average Bonchev–Trinajstić information content (AvgIpc) is 2.45. The molecule has 0 radical (unpaired) electrons. The van der Waals surface area contributed by atoms with E-state index in [4.69, 9.17) is 5.26 Å². The Hall–Kier alpha value is -2.49. The van der Waals surface area contributed by atoms with E-state index in [9.17, 15) is 18.4 Å². The number of esters is 1. The van der Waals surface area contributed by atoms with Gasteiger partial charge < -0.3 is 10.1 Å². The van der Waals surface area contributed by atoms with Crippen molar-refractivity contribution in [1.82, 2.24) is 5.32 Å². The summed E-state index contributed by atoms with van der Waals surface area (Å²) >= 11 is 0. The van der Waals surface area contributed by atoms with Crippen molar-refractivity contribution in [3.05, 3.63) is 35.4 Å². The van der Waals surface area contributed by atoms with Gasteiger partial charge in [-0.1, -0.05) is 0 Å². The van der Waals surface area contributed by atoms with Crippen molar-refractivity contribution in [3.8, 4) is 6.07 Å². The third kappa shape index (κ3) is 4.84. The quantitative estimate of drug-likeness (QED) is 0.642. The molecule has 0 saturated carbocycles. The molecule has 0 aliphatic rings. The molecule has 0 aliphatic heterocycles. The number of rotatable bonds is 6. The second-order valence-corrected chi connectivity index (χ2v) is 4.22. The molecule has 0 saturated heterocycles. The number of hydrogen-bond donors (Lipinski definition) is 1. The maximum absolute atomic E-state index is 13.5. The first-order chi connectivity index (χ1) is 9.99. The largest absolute Gasteiger partial charge is 0.467 e. The van der Waals surface area contributed by atoms with Crippen LogP contribution in [0.5, 0.6) is 0 Å². The van der Waals surface area contributed by atoms with Gasteiger partial charge in [0.1, 0.15) is 17.7 Å². The molecule has 1 atom stereocenters. The first kappa shape index (κ1) is 16.6. The van der Waals surface area contributed by atoms with Crippen LogP contribution < -0.4 is 5.32 Å². The summed E-state index contributed by atoms with van der Waals surface area (Å²) in [6, 6.07) is 3.44. The van der Waals surface area contributed by atoms with Gasteiger partial charge in [-0.15, -0.1) is 0 Å². The molecule has 0 heterocycles. The monoisotopic (exact) mass is 296 g/mol. The third-order valence-corrected chi connectivity index (χ3v) is 2.75. The number of unbranched alkanes of at least 4 members (excludes halogenated alkanes) is 1. The van der Waals surface area contributed by atoms with E-state index in [0.717, 1.165) is 19.2 Å². The van der Waals surface area contributed by atoms with Crippen LogP contribution in [0.1, 0.15) is 29.6 Å². The number of hydrogen-bond acceptors (Lipinski definition) is 4. The molecule has 1 rings (SSSR count). The molecule has 0 aliphatic carbocycles. The molecule has 5 nitrogen and oxygen atoms in total. The predicted octanol–water partition coefficient (Wildman–Crippen LogP) is 1.93. The Labute approximate surface area is 120 Å². The van der Waals surface area contributed by atoms with Gasteiger partial charge in [-0.05, 0) is 25.0 Å². The van der Waals surface area contributed by atoms with Gasteiger partial charge in [-0.2, -0.15) is 5.26 Å². The van der Waals surface area contributed by atoms with Crippen molar-refractivity contribution in [1.29, 1.82) is 5.26 Å². The molecule has 1 aromatic carbocycles. The summed E-state index contributed by atoms with van der Waals surface area (Å²) < 4.78 is 30.8. The van der Waals surface area contributed by atoms with E-state index in [1.807, 2.05) is 6.07 Å². The Kier molecular flexibility index (Phi) is 6.27. The summed E-state index contributed by atoms with van der Waals surface area (Å²) in [5.41, 5.74) is -0.370. The minimum absolute atomic E-state index is 0.189. The summed E-state index contributed by atoms with van der Waals surface area (Å²) in [5, 5.41) is 10.8. The Morgan fingerprint density at radius 1 is 1.43 bits per heavy atom. The molecule has 112 valence electrons. The molecule has 0 bridgehead atoms. The molecule has 7 heteroatoms. The van der Waals surface area contributed by atoms with Crippen LogP contribution in [-0.2, 0) is 9.53 Å². The standard InChI is InChI=1S/C14H14F2N2O3/c1-21-14(20)12(4-2-3-7-17)18-13(19)10-6-5-9(15)8-11(10)16/h5-6,8,12H,2-4H2,1H3,(H,18,19)/t12-/m0/s1. The molecule has 1 amide bonds. The number of ether oxygens (including phenoxy) is 1. The van der Waals surface area contributed by atoms with Gasteiger partial charge in [-0.3, -0.25) is 4.79 Å². The molecule has 0 fully saturated rings. The molecule has 1 N–H and O–H groups in total. The Bertz CT molecular complexity index is 570. The maximum atomic E-state index is 13.5. The third-order valence-electron chi connectivity index (χ3n) is 2.75. The summed E-state index contributed by atoms with van der Waals surface area (Å²) in [7, 11) is 1.16. The average molecular weight is 296 g/mol. The zero-order valence-corrected chi connectivity index (χ0v) is 11.4. The highest BCUT2D eigenvalue weighted by atomic mass is 19.1. The van der Waals surface area contributed by atoms with Crippen LogP contribution in [0.25, 0.3) is 0 Å². The van der Waals surface area contributed by atoms with Gasteiger partial charge in [0.15, 0.2) is 0 Å². The van der Waals surface area contributed by atoms with Crippen molar-refractivity contribution < 1.29 is 23.1 Å². The van der Waals surface area contributed by atoms with E-state index in [1.54, 1.807) is 0 Å². The fourth-order valence-electron chi connectivity index (χ4n) is 1.69. The summed E-state index contributed by atoms with van der Waals surface area (Å²) in [5.74, 6) is -3.36. The second-order valence-electron chi connectivity index (χ2n) is 4.22. The van der Waals surface area contributed by atoms with Gasteiger partial charge >= 0.3 is 5.97 Å². The lowest BCUT2D eigenvalue weighted by atomic mass is 10.1. The first-order valence-electron chi connectivity index (χ1n) is 6.20. The number of benzene rings is 1. The molecule has 0 aromatic heterocycles. The molecular formula is C14H14F2N2O3. The van der Waals surface area contributed by atoms with E-state index in [0.29, 0.717) is 12.5 Å². The second kappa shape index (κ2) is 7.94. The van der Waals surface area contributed by atoms with Crippen molar-refractivity contribution in [2.75, 3.05) is 7.11 Å². The predicted molar refractivity (Wildman–Crippen MR) is 69.1 cm³/mol. The number of methoxy groups -OCH3 is 1. The number of carbonyl (C=O) groups excluding carboxylic acids is 2. The highest BCUT2D eigenvalue weighted by Crippen LogP contribution is 2.11.